The first kappa shape index (κ1) is 12.9. The first-order valence-corrected chi connectivity index (χ1v) is 6.53. The molecule has 3 nitrogen and oxygen atoms in total. The SMILES string of the molecule is COc1ccc2c(c1)C(N)CC(c1ccccc1F)O2. The van der Waals surface area contributed by atoms with Crippen molar-refractivity contribution in [2.75, 3.05) is 7.11 Å². The van der Waals surface area contributed by atoms with Gasteiger partial charge < -0.3 is 15.2 Å². The van der Waals surface area contributed by atoms with Crippen LogP contribution in [0.15, 0.2) is 42.5 Å². The minimum absolute atomic E-state index is 0.196. The lowest BCUT2D eigenvalue weighted by Crippen LogP contribution is -2.24. The van der Waals surface area contributed by atoms with Crippen molar-refractivity contribution in [3.8, 4) is 11.5 Å². The fourth-order valence-corrected chi connectivity index (χ4v) is 2.54. The van der Waals surface area contributed by atoms with Crippen LogP contribution in [0.5, 0.6) is 11.5 Å². The topological polar surface area (TPSA) is 44.5 Å². The smallest absolute Gasteiger partial charge is 0.130 e. The van der Waals surface area contributed by atoms with E-state index >= 15 is 0 Å². The molecule has 0 aliphatic carbocycles. The minimum Gasteiger partial charge on any atom is -0.497 e. The predicted molar refractivity (Wildman–Crippen MR) is 74.3 cm³/mol. The molecule has 0 saturated carbocycles. The molecule has 0 amide bonds. The summed E-state index contributed by atoms with van der Waals surface area (Å²) in [6.07, 6.45) is 0.188. The zero-order chi connectivity index (χ0) is 14.1. The third-order valence-corrected chi connectivity index (χ3v) is 3.61. The molecule has 4 heteroatoms. The molecule has 1 aliphatic heterocycles. The molecule has 2 atom stereocenters. The Hall–Kier alpha value is -2.07. The third kappa shape index (κ3) is 2.23. The maximum absolute atomic E-state index is 13.9. The summed E-state index contributed by atoms with van der Waals surface area (Å²) in [5.41, 5.74) is 7.64. The Morgan fingerprint density at radius 2 is 2.00 bits per heavy atom. The largest absolute Gasteiger partial charge is 0.497 e. The Labute approximate surface area is 117 Å². The van der Waals surface area contributed by atoms with Crippen molar-refractivity contribution in [3.05, 3.63) is 59.4 Å². The maximum atomic E-state index is 13.9. The molecule has 1 heterocycles. The Balaban J connectivity index is 1.95. The first-order chi connectivity index (χ1) is 9.69. The van der Waals surface area contributed by atoms with Gasteiger partial charge in [0.1, 0.15) is 23.4 Å². The van der Waals surface area contributed by atoms with Gasteiger partial charge >= 0.3 is 0 Å². The number of halogens is 1. The summed E-state index contributed by atoms with van der Waals surface area (Å²) in [6, 6.07) is 12.0. The highest BCUT2D eigenvalue weighted by Gasteiger charge is 2.28. The van der Waals surface area contributed by atoms with Crippen molar-refractivity contribution in [2.24, 2.45) is 5.73 Å². The monoisotopic (exact) mass is 273 g/mol. The summed E-state index contributed by atoms with van der Waals surface area (Å²) < 4.78 is 24.9. The zero-order valence-electron chi connectivity index (χ0n) is 11.2. The van der Waals surface area contributed by atoms with E-state index in [1.807, 2.05) is 18.2 Å². The van der Waals surface area contributed by atoms with E-state index in [4.69, 9.17) is 15.2 Å². The lowest BCUT2D eigenvalue weighted by Gasteiger charge is -2.31. The molecule has 0 saturated heterocycles. The van der Waals surface area contributed by atoms with E-state index in [2.05, 4.69) is 0 Å². The molecule has 0 aromatic heterocycles. The molecule has 2 N–H and O–H groups in total. The van der Waals surface area contributed by atoms with Crippen LogP contribution < -0.4 is 15.2 Å². The van der Waals surface area contributed by atoms with Crippen LogP contribution in [0.4, 0.5) is 4.39 Å². The number of fused-ring (bicyclic) bond motifs is 1. The summed E-state index contributed by atoms with van der Waals surface area (Å²) in [5, 5.41) is 0. The highest BCUT2D eigenvalue weighted by atomic mass is 19.1. The van der Waals surface area contributed by atoms with Gasteiger partial charge in [-0.1, -0.05) is 18.2 Å². The van der Waals surface area contributed by atoms with Gasteiger partial charge in [0.05, 0.1) is 7.11 Å². The van der Waals surface area contributed by atoms with E-state index in [0.29, 0.717) is 17.7 Å². The number of hydrogen-bond donors (Lipinski definition) is 1. The second-order valence-corrected chi connectivity index (χ2v) is 4.87. The lowest BCUT2D eigenvalue weighted by atomic mass is 9.93. The zero-order valence-corrected chi connectivity index (χ0v) is 11.2. The fourth-order valence-electron chi connectivity index (χ4n) is 2.54. The van der Waals surface area contributed by atoms with Crippen molar-refractivity contribution in [1.29, 1.82) is 0 Å². The van der Waals surface area contributed by atoms with Crippen LogP contribution in [0.3, 0.4) is 0 Å². The second kappa shape index (κ2) is 5.13. The van der Waals surface area contributed by atoms with E-state index in [9.17, 15) is 4.39 Å². The summed E-state index contributed by atoms with van der Waals surface area (Å²) >= 11 is 0. The number of benzene rings is 2. The minimum atomic E-state index is -0.355. The standard InChI is InChI=1S/C16H16FNO2/c1-19-10-6-7-15-12(8-10)14(18)9-16(20-15)11-4-2-3-5-13(11)17/h2-8,14,16H,9,18H2,1H3. The summed E-state index contributed by atoms with van der Waals surface area (Å²) in [4.78, 5) is 0. The van der Waals surface area contributed by atoms with E-state index in [0.717, 1.165) is 11.3 Å². The molecular formula is C16H16FNO2. The van der Waals surface area contributed by atoms with E-state index in [-0.39, 0.29) is 18.0 Å². The van der Waals surface area contributed by atoms with Crippen LogP contribution in [0.25, 0.3) is 0 Å². The normalized spacial score (nSPS) is 20.9. The molecule has 0 radical (unpaired) electrons. The number of methoxy groups -OCH3 is 1. The molecule has 0 bridgehead atoms. The predicted octanol–water partition coefficient (Wildman–Crippen LogP) is 3.36. The maximum Gasteiger partial charge on any atom is 0.130 e. The van der Waals surface area contributed by atoms with Gasteiger partial charge in [0.2, 0.25) is 0 Å². The van der Waals surface area contributed by atoms with Gasteiger partial charge in [0.25, 0.3) is 0 Å². The van der Waals surface area contributed by atoms with Crippen molar-refractivity contribution >= 4 is 0 Å². The quantitative estimate of drug-likeness (QED) is 0.912. The molecule has 0 spiro atoms. The summed E-state index contributed by atoms with van der Waals surface area (Å²) in [6.45, 7) is 0. The van der Waals surface area contributed by atoms with Crippen LogP contribution in [0, 0.1) is 5.82 Å². The molecule has 3 rings (SSSR count). The highest BCUT2D eigenvalue weighted by molar-refractivity contribution is 5.44. The number of rotatable bonds is 2. The first-order valence-electron chi connectivity index (χ1n) is 6.53. The van der Waals surface area contributed by atoms with Crippen LogP contribution in [-0.2, 0) is 0 Å². The fraction of sp³-hybridized carbons (Fsp3) is 0.250. The average Bonchev–Trinajstić information content (AvgIpc) is 2.47. The third-order valence-electron chi connectivity index (χ3n) is 3.61. The number of nitrogens with two attached hydrogens (primary N) is 1. The van der Waals surface area contributed by atoms with Gasteiger partial charge in [-0.25, -0.2) is 4.39 Å². The highest BCUT2D eigenvalue weighted by Crippen LogP contribution is 2.41. The van der Waals surface area contributed by atoms with Crippen molar-refractivity contribution in [1.82, 2.24) is 0 Å². The Morgan fingerprint density at radius 1 is 1.20 bits per heavy atom. The molecule has 20 heavy (non-hydrogen) atoms. The van der Waals surface area contributed by atoms with Gasteiger partial charge in [-0.15, -0.1) is 0 Å². The average molecular weight is 273 g/mol. The Bertz CT molecular complexity index is 630. The number of hydrogen-bond acceptors (Lipinski definition) is 3. The molecule has 0 fully saturated rings. The summed E-state index contributed by atoms with van der Waals surface area (Å²) in [5.74, 6) is 1.17. The Morgan fingerprint density at radius 3 is 2.75 bits per heavy atom. The van der Waals surface area contributed by atoms with Crippen molar-refractivity contribution in [2.45, 2.75) is 18.6 Å². The van der Waals surface area contributed by atoms with E-state index in [1.165, 1.54) is 6.07 Å². The molecule has 2 aromatic carbocycles. The molecule has 2 aromatic rings. The van der Waals surface area contributed by atoms with Crippen LogP contribution in [0.1, 0.15) is 29.7 Å². The number of ether oxygens (including phenoxy) is 2. The molecule has 104 valence electrons. The van der Waals surface area contributed by atoms with Crippen LogP contribution >= 0.6 is 0 Å². The second-order valence-electron chi connectivity index (χ2n) is 4.87. The van der Waals surface area contributed by atoms with Gasteiger partial charge in [-0.3, -0.25) is 0 Å². The molecule has 2 unspecified atom stereocenters. The van der Waals surface area contributed by atoms with Crippen molar-refractivity contribution in [3.63, 3.8) is 0 Å². The summed E-state index contributed by atoms with van der Waals surface area (Å²) in [7, 11) is 1.61. The molecular weight excluding hydrogens is 257 g/mol. The van der Waals surface area contributed by atoms with Gasteiger partial charge in [-0.05, 0) is 24.3 Å². The van der Waals surface area contributed by atoms with E-state index < -0.39 is 0 Å². The van der Waals surface area contributed by atoms with Gasteiger partial charge in [0, 0.05) is 23.6 Å². The van der Waals surface area contributed by atoms with Crippen LogP contribution in [0.2, 0.25) is 0 Å². The van der Waals surface area contributed by atoms with Crippen molar-refractivity contribution < 1.29 is 13.9 Å². The van der Waals surface area contributed by atoms with Crippen LogP contribution in [-0.4, -0.2) is 7.11 Å². The van der Waals surface area contributed by atoms with Gasteiger partial charge in [-0.2, -0.15) is 0 Å². The molecule has 1 aliphatic rings. The van der Waals surface area contributed by atoms with E-state index in [1.54, 1.807) is 25.3 Å². The lowest BCUT2D eigenvalue weighted by molar-refractivity contribution is 0.157. The Kier molecular flexibility index (Phi) is 3.32. The van der Waals surface area contributed by atoms with Gasteiger partial charge in [0.15, 0.2) is 0 Å².